The molecule has 80 valence electrons. The third-order valence-electron chi connectivity index (χ3n) is 2.21. The molecule has 0 aliphatic heterocycles. The molecule has 0 atom stereocenters. The van der Waals surface area contributed by atoms with Gasteiger partial charge in [-0.2, -0.15) is 11.3 Å². The van der Waals surface area contributed by atoms with Crippen LogP contribution in [0.1, 0.15) is 25.3 Å². The van der Waals surface area contributed by atoms with E-state index in [1.807, 2.05) is 0 Å². The third-order valence-corrected chi connectivity index (χ3v) is 3.12. The molecular weight excluding hydrogens is 214 g/mol. The molecule has 1 nitrogen and oxygen atoms in total. The molecule has 0 N–H and O–H groups in total. The molecule has 0 amide bonds. The minimum absolute atomic E-state index is 0.730. The molecular formula is C11H18ClNS. The van der Waals surface area contributed by atoms with Crippen LogP contribution in [0, 0.1) is 0 Å². The summed E-state index contributed by atoms with van der Waals surface area (Å²) >= 11 is 7.54. The Balaban J connectivity index is 2.34. The van der Waals surface area contributed by atoms with E-state index in [9.17, 15) is 0 Å². The number of halogens is 1. The van der Waals surface area contributed by atoms with E-state index in [2.05, 4.69) is 28.7 Å². The molecule has 14 heavy (non-hydrogen) atoms. The first-order valence-electron chi connectivity index (χ1n) is 5.16. The highest BCUT2D eigenvalue weighted by Gasteiger charge is 2.04. The Kier molecular flexibility index (Phi) is 6.24. The summed E-state index contributed by atoms with van der Waals surface area (Å²) in [5.74, 6) is 0.730. The van der Waals surface area contributed by atoms with Crippen molar-refractivity contribution < 1.29 is 0 Å². The first kappa shape index (κ1) is 12.0. The Morgan fingerprint density at radius 3 is 2.86 bits per heavy atom. The zero-order valence-electron chi connectivity index (χ0n) is 8.71. The fourth-order valence-electron chi connectivity index (χ4n) is 1.41. The summed E-state index contributed by atoms with van der Waals surface area (Å²) in [6.45, 7) is 5.44. The van der Waals surface area contributed by atoms with Gasteiger partial charge in [-0.25, -0.2) is 0 Å². The van der Waals surface area contributed by atoms with E-state index in [1.54, 1.807) is 11.3 Å². The Morgan fingerprint density at radius 1 is 1.43 bits per heavy atom. The number of thiophene rings is 1. The van der Waals surface area contributed by atoms with Gasteiger partial charge >= 0.3 is 0 Å². The molecule has 1 heterocycles. The summed E-state index contributed by atoms with van der Waals surface area (Å²) in [7, 11) is 0. The predicted molar refractivity (Wildman–Crippen MR) is 65.2 cm³/mol. The van der Waals surface area contributed by atoms with Gasteiger partial charge in [0.15, 0.2) is 0 Å². The van der Waals surface area contributed by atoms with Gasteiger partial charge in [0, 0.05) is 19.0 Å². The van der Waals surface area contributed by atoms with E-state index in [-0.39, 0.29) is 0 Å². The molecule has 0 saturated carbocycles. The van der Waals surface area contributed by atoms with Gasteiger partial charge in [0.2, 0.25) is 0 Å². The lowest BCUT2D eigenvalue weighted by atomic mass is 10.2. The molecule has 0 aromatic carbocycles. The summed E-state index contributed by atoms with van der Waals surface area (Å²) in [4.78, 5) is 2.43. The van der Waals surface area contributed by atoms with Crippen molar-refractivity contribution in [3.05, 3.63) is 22.4 Å². The summed E-state index contributed by atoms with van der Waals surface area (Å²) in [5, 5.41) is 4.35. The van der Waals surface area contributed by atoms with Crippen LogP contribution < -0.4 is 0 Å². The summed E-state index contributed by atoms with van der Waals surface area (Å²) in [5.41, 5.74) is 1.41. The van der Waals surface area contributed by atoms with Crippen LogP contribution in [0.3, 0.4) is 0 Å². The first-order chi connectivity index (χ1) is 6.86. The van der Waals surface area contributed by atoms with Gasteiger partial charge in [-0.3, -0.25) is 4.90 Å². The number of unbranched alkanes of at least 4 members (excludes halogenated alkanes) is 1. The van der Waals surface area contributed by atoms with Gasteiger partial charge < -0.3 is 0 Å². The van der Waals surface area contributed by atoms with Crippen molar-refractivity contribution >= 4 is 22.9 Å². The second-order valence-corrected chi connectivity index (χ2v) is 4.61. The molecule has 0 aliphatic carbocycles. The van der Waals surface area contributed by atoms with Crippen LogP contribution in [-0.2, 0) is 6.54 Å². The Bertz CT molecular complexity index is 223. The number of nitrogens with zero attached hydrogens (tertiary/aromatic N) is 1. The molecule has 0 spiro atoms. The van der Waals surface area contributed by atoms with E-state index in [0.29, 0.717) is 0 Å². The Morgan fingerprint density at radius 2 is 2.29 bits per heavy atom. The maximum absolute atomic E-state index is 5.78. The standard InChI is InChI=1S/C11H18ClNS/c1-2-3-6-13(7-5-12)9-11-4-8-14-10-11/h4,8,10H,2-3,5-7,9H2,1H3. The van der Waals surface area contributed by atoms with Crippen molar-refractivity contribution in [3.63, 3.8) is 0 Å². The van der Waals surface area contributed by atoms with Crippen LogP contribution in [0.25, 0.3) is 0 Å². The highest BCUT2D eigenvalue weighted by molar-refractivity contribution is 7.07. The van der Waals surface area contributed by atoms with E-state index in [1.165, 1.54) is 24.9 Å². The molecule has 3 heteroatoms. The minimum atomic E-state index is 0.730. The van der Waals surface area contributed by atoms with Gasteiger partial charge in [-0.15, -0.1) is 11.6 Å². The number of hydrogen-bond acceptors (Lipinski definition) is 2. The third kappa shape index (κ3) is 4.45. The molecule has 0 unspecified atom stereocenters. The van der Waals surface area contributed by atoms with Crippen LogP contribution in [0.15, 0.2) is 16.8 Å². The molecule has 0 aliphatic rings. The monoisotopic (exact) mass is 231 g/mol. The van der Waals surface area contributed by atoms with E-state index in [4.69, 9.17) is 11.6 Å². The van der Waals surface area contributed by atoms with Crippen molar-refractivity contribution in [1.29, 1.82) is 0 Å². The van der Waals surface area contributed by atoms with Gasteiger partial charge in [0.1, 0.15) is 0 Å². The summed E-state index contributed by atoms with van der Waals surface area (Å²) < 4.78 is 0. The second-order valence-electron chi connectivity index (χ2n) is 3.45. The van der Waals surface area contributed by atoms with Crippen LogP contribution in [0.2, 0.25) is 0 Å². The smallest absolute Gasteiger partial charge is 0.0351 e. The summed E-state index contributed by atoms with van der Waals surface area (Å²) in [6.07, 6.45) is 2.52. The molecule has 1 rings (SSSR count). The fraction of sp³-hybridized carbons (Fsp3) is 0.636. The molecule has 1 aromatic heterocycles. The Hall–Kier alpha value is -0.0500. The average molecular weight is 232 g/mol. The molecule has 0 fully saturated rings. The molecule has 1 aromatic rings. The van der Waals surface area contributed by atoms with E-state index in [0.717, 1.165) is 19.0 Å². The predicted octanol–water partition coefficient (Wildman–Crippen LogP) is 3.59. The van der Waals surface area contributed by atoms with Gasteiger partial charge in [0.05, 0.1) is 0 Å². The lowest BCUT2D eigenvalue weighted by molar-refractivity contribution is 0.277. The highest BCUT2D eigenvalue weighted by Crippen LogP contribution is 2.10. The maximum Gasteiger partial charge on any atom is 0.0351 e. The van der Waals surface area contributed by atoms with Crippen molar-refractivity contribution in [2.75, 3.05) is 19.0 Å². The van der Waals surface area contributed by atoms with Crippen molar-refractivity contribution in [3.8, 4) is 0 Å². The minimum Gasteiger partial charge on any atom is -0.298 e. The lowest BCUT2D eigenvalue weighted by Gasteiger charge is -2.20. The second kappa shape index (κ2) is 7.27. The van der Waals surface area contributed by atoms with Crippen LogP contribution >= 0.6 is 22.9 Å². The van der Waals surface area contributed by atoms with Gasteiger partial charge in [0.25, 0.3) is 0 Å². The van der Waals surface area contributed by atoms with Crippen molar-refractivity contribution in [2.45, 2.75) is 26.3 Å². The highest BCUT2D eigenvalue weighted by atomic mass is 35.5. The zero-order valence-corrected chi connectivity index (χ0v) is 10.3. The van der Waals surface area contributed by atoms with Crippen LogP contribution in [-0.4, -0.2) is 23.9 Å². The van der Waals surface area contributed by atoms with E-state index >= 15 is 0 Å². The number of hydrogen-bond donors (Lipinski definition) is 0. The number of rotatable bonds is 7. The largest absolute Gasteiger partial charge is 0.298 e. The molecule has 0 bridgehead atoms. The normalized spacial score (nSPS) is 11.1. The SMILES string of the molecule is CCCCN(CCCl)Cc1ccsc1. The van der Waals surface area contributed by atoms with Crippen LogP contribution in [0.4, 0.5) is 0 Å². The lowest BCUT2D eigenvalue weighted by Crippen LogP contribution is -2.26. The molecule has 0 radical (unpaired) electrons. The first-order valence-corrected chi connectivity index (χ1v) is 6.64. The number of alkyl halides is 1. The topological polar surface area (TPSA) is 3.24 Å². The molecule has 0 saturated heterocycles. The van der Waals surface area contributed by atoms with E-state index < -0.39 is 0 Å². The van der Waals surface area contributed by atoms with Crippen molar-refractivity contribution in [2.24, 2.45) is 0 Å². The van der Waals surface area contributed by atoms with Gasteiger partial charge in [-0.05, 0) is 35.4 Å². The van der Waals surface area contributed by atoms with Gasteiger partial charge in [-0.1, -0.05) is 13.3 Å². The quantitative estimate of drug-likeness (QED) is 0.649. The maximum atomic E-state index is 5.78. The van der Waals surface area contributed by atoms with Crippen molar-refractivity contribution in [1.82, 2.24) is 4.90 Å². The fourth-order valence-corrected chi connectivity index (χ4v) is 2.31. The van der Waals surface area contributed by atoms with Crippen LogP contribution in [0.5, 0.6) is 0 Å². The zero-order chi connectivity index (χ0) is 10.2. The average Bonchev–Trinajstić information content (AvgIpc) is 2.67. The summed E-state index contributed by atoms with van der Waals surface area (Å²) in [6, 6.07) is 2.19. The Labute approximate surface area is 95.7 Å².